The van der Waals surface area contributed by atoms with Crippen LogP contribution in [0.3, 0.4) is 0 Å². The number of rotatable bonds is 9. The minimum absolute atomic E-state index is 0.00000476. The number of nitro benzene ring substituents is 1. The summed E-state index contributed by atoms with van der Waals surface area (Å²) in [6, 6.07) is 1.43. The largest absolute Gasteiger partial charge is 0.363 e. The fraction of sp³-hybridized carbons (Fsp3) is 0.462. The Bertz CT molecular complexity index is 1120. The smallest absolute Gasteiger partial charge is 0.321 e. The Hall–Kier alpha value is -1.81. The molecule has 1 rings (SSSR count). The van der Waals surface area contributed by atoms with Crippen LogP contribution >= 0.6 is 19.2 Å². The number of nitrogens with zero attached hydrogens (tertiary/aromatic N) is 4. The molecule has 1 aromatic carbocycles. The summed E-state index contributed by atoms with van der Waals surface area (Å²) in [5, 5.41) is 10.1. The Morgan fingerprint density at radius 2 is 1.74 bits per heavy atom. The molecule has 31 heavy (non-hydrogen) atoms. The van der Waals surface area contributed by atoms with Gasteiger partial charge in [-0.15, -0.1) is 16.0 Å². The highest BCUT2D eigenvalue weighted by Gasteiger charge is 2.37. The molecule has 0 spiro atoms. The number of amides is 2. The predicted octanol–water partition coefficient (Wildman–Crippen LogP) is -0.373. The third-order valence-corrected chi connectivity index (χ3v) is 6.99. The quantitative estimate of drug-likeness (QED) is 0.187. The van der Waals surface area contributed by atoms with Gasteiger partial charge < -0.3 is 14.7 Å². The lowest BCUT2D eigenvalue weighted by Crippen LogP contribution is -2.55. The second-order valence-corrected chi connectivity index (χ2v) is 11.9. The minimum atomic E-state index is -5.05. The van der Waals surface area contributed by atoms with Gasteiger partial charge in [0.25, 0.3) is 15.7 Å². The van der Waals surface area contributed by atoms with Crippen molar-refractivity contribution in [2.24, 2.45) is 0 Å². The molecule has 18 heteroatoms. The summed E-state index contributed by atoms with van der Waals surface area (Å²) in [6.45, 7) is -0.999. The summed E-state index contributed by atoms with van der Waals surface area (Å²) in [5.74, 6) is -0.329. The molecular formula is C13H20ClN4O10PS2. The molecule has 14 nitrogen and oxygen atoms in total. The van der Waals surface area contributed by atoms with Gasteiger partial charge in [0, 0.05) is 32.1 Å². The summed E-state index contributed by atoms with van der Waals surface area (Å²) >= 11 is 5.53. The van der Waals surface area contributed by atoms with Crippen molar-refractivity contribution in [1.82, 2.24) is 13.7 Å². The molecule has 176 valence electrons. The third kappa shape index (κ3) is 7.10. The van der Waals surface area contributed by atoms with Crippen molar-refractivity contribution in [3.05, 3.63) is 33.9 Å². The monoisotopic (exact) mass is 522 g/mol. The summed E-state index contributed by atoms with van der Waals surface area (Å²) in [6.07, 6.45) is 1.27. The van der Waals surface area contributed by atoms with Gasteiger partial charge in [-0.3, -0.25) is 14.7 Å². The first kappa shape index (κ1) is 27.2. The van der Waals surface area contributed by atoms with Gasteiger partial charge in [-0.25, -0.2) is 21.6 Å². The number of hydrogen-bond acceptors (Lipinski definition) is 8. The van der Waals surface area contributed by atoms with E-state index in [1.807, 2.05) is 0 Å². The number of hydrazine groups is 1. The summed E-state index contributed by atoms with van der Waals surface area (Å²) in [4.78, 5) is 42.2. The van der Waals surface area contributed by atoms with Crippen LogP contribution < -0.4 is 5.30 Å². The minimum Gasteiger partial charge on any atom is -0.321 e. The zero-order valence-corrected chi connectivity index (χ0v) is 19.7. The average Bonchev–Trinajstić information content (AvgIpc) is 2.58. The molecule has 0 aliphatic heterocycles. The predicted molar refractivity (Wildman–Crippen MR) is 111 cm³/mol. The van der Waals surface area contributed by atoms with Crippen LogP contribution in [0, 0.1) is 10.1 Å². The fourth-order valence-corrected chi connectivity index (χ4v) is 5.78. The topological polar surface area (TPSA) is 196 Å². The lowest BCUT2D eigenvalue weighted by atomic mass is 10.2. The van der Waals surface area contributed by atoms with Gasteiger partial charge in [0.15, 0.2) is 0 Å². The van der Waals surface area contributed by atoms with Crippen molar-refractivity contribution in [2.45, 2.75) is 6.54 Å². The number of sulfonamides is 2. The van der Waals surface area contributed by atoms with Crippen molar-refractivity contribution in [3.8, 4) is 0 Å². The highest BCUT2D eigenvalue weighted by Crippen LogP contribution is 2.37. The van der Waals surface area contributed by atoms with Gasteiger partial charge in [0.05, 0.1) is 17.4 Å². The summed E-state index contributed by atoms with van der Waals surface area (Å²) in [5.41, 5.74) is -0.828. The molecular weight excluding hydrogens is 503 g/mol. The van der Waals surface area contributed by atoms with Crippen molar-refractivity contribution in [2.75, 3.05) is 32.0 Å². The molecule has 0 aliphatic carbocycles. The van der Waals surface area contributed by atoms with Crippen molar-refractivity contribution in [1.29, 1.82) is 0 Å². The number of urea groups is 1. The van der Waals surface area contributed by atoms with Gasteiger partial charge in [-0.05, 0) is 11.6 Å². The molecule has 2 amide bonds. The number of hydrogen-bond donors (Lipinski definition) is 2. The molecule has 0 aromatic heterocycles. The van der Waals surface area contributed by atoms with Crippen LogP contribution in [-0.4, -0.2) is 83.3 Å². The Kier molecular flexibility index (Phi) is 8.58. The number of nitro groups is 1. The zero-order valence-electron chi connectivity index (χ0n) is 16.4. The molecule has 0 aliphatic rings. The van der Waals surface area contributed by atoms with E-state index in [4.69, 9.17) is 11.6 Å². The van der Waals surface area contributed by atoms with Crippen LogP contribution in [0.1, 0.15) is 5.56 Å². The van der Waals surface area contributed by atoms with Crippen molar-refractivity contribution in [3.63, 3.8) is 0 Å². The average molecular weight is 523 g/mol. The maximum Gasteiger partial charge on any atom is 0.363 e. The molecule has 0 atom stereocenters. The maximum atomic E-state index is 12.8. The van der Waals surface area contributed by atoms with E-state index in [9.17, 15) is 46.1 Å². The summed E-state index contributed by atoms with van der Waals surface area (Å²) in [7, 11) is -12.6. The molecule has 0 radical (unpaired) electrons. The van der Waals surface area contributed by atoms with E-state index < -0.39 is 62.7 Å². The SMILES string of the molecule is CN(Cc1ccc([N+](=O)[O-])c(P(=O)(O)O)c1)C(=O)N(N(CCCl)S(C)(=O)=O)S(C)(=O)=O. The molecule has 0 bridgehead atoms. The number of halogens is 1. The van der Waals surface area contributed by atoms with Crippen LogP contribution in [-0.2, 0) is 31.2 Å². The zero-order chi connectivity index (χ0) is 24.4. The van der Waals surface area contributed by atoms with Gasteiger partial charge in [0.2, 0.25) is 10.0 Å². The first-order chi connectivity index (χ1) is 13.9. The Morgan fingerprint density at radius 1 is 1.19 bits per heavy atom. The fourth-order valence-electron chi connectivity index (χ4n) is 2.41. The van der Waals surface area contributed by atoms with Gasteiger partial charge >= 0.3 is 13.6 Å². The molecule has 0 heterocycles. The second-order valence-electron chi connectivity index (χ2n) is 6.27. The van der Waals surface area contributed by atoms with E-state index in [2.05, 4.69) is 0 Å². The number of alkyl halides is 1. The lowest BCUT2D eigenvalue weighted by Gasteiger charge is -2.33. The van der Waals surface area contributed by atoms with Gasteiger partial charge in [-0.1, -0.05) is 10.5 Å². The molecule has 0 unspecified atom stereocenters. The molecule has 2 N–H and O–H groups in total. The van der Waals surface area contributed by atoms with E-state index in [0.29, 0.717) is 12.5 Å². The van der Waals surface area contributed by atoms with Gasteiger partial charge in [-0.2, -0.15) is 0 Å². The summed E-state index contributed by atoms with van der Waals surface area (Å²) < 4.78 is 60.1. The first-order valence-corrected chi connectivity index (χ1v) is 13.9. The highest BCUT2D eigenvalue weighted by atomic mass is 35.5. The van der Waals surface area contributed by atoms with Gasteiger partial charge in [0.1, 0.15) is 5.30 Å². The number of carbonyl (C=O) groups is 1. The van der Waals surface area contributed by atoms with Crippen LogP contribution in [0.15, 0.2) is 18.2 Å². The Labute approximate surface area is 183 Å². The second kappa shape index (κ2) is 9.77. The van der Waals surface area contributed by atoms with Crippen molar-refractivity contribution >= 4 is 56.3 Å². The number of carbonyl (C=O) groups excluding carboxylic acids is 1. The maximum absolute atomic E-state index is 12.8. The first-order valence-electron chi connectivity index (χ1n) is 8.03. The third-order valence-electron chi connectivity index (χ3n) is 3.64. The molecule has 0 fully saturated rings. The van der Waals surface area contributed by atoms with E-state index in [1.165, 1.54) is 0 Å². The van der Waals surface area contributed by atoms with Crippen LogP contribution in [0.25, 0.3) is 0 Å². The van der Waals surface area contributed by atoms with E-state index >= 15 is 0 Å². The molecule has 0 saturated carbocycles. The lowest BCUT2D eigenvalue weighted by molar-refractivity contribution is -0.383. The van der Waals surface area contributed by atoms with Crippen molar-refractivity contribution < 1.29 is 40.9 Å². The van der Waals surface area contributed by atoms with E-state index in [1.54, 1.807) is 0 Å². The van der Waals surface area contributed by atoms with E-state index in [-0.39, 0.29) is 20.3 Å². The van der Waals surface area contributed by atoms with Crippen LogP contribution in [0.5, 0.6) is 0 Å². The molecule has 1 aromatic rings. The van der Waals surface area contributed by atoms with Crippen LogP contribution in [0.4, 0.5) is 10.5 Å². The Morgan fingerprint density at radius 3 is 2.13 bits per heavy atom. The highest BCUT2D eigenvalue weighted by molar-refractivity contribution is 7.91. The van der Waals surface area contributed by atoms with E-state index in [0.717, 1.165) is 30.1 Å². The Balaban J connectivity index is 3.39. The normalized spacial score (nSPS) is 12.6. The standard InChI is InChI=1S/C13H20ClN4O10PS2/c1-15(9-10-4-5-11(18(20)21)12(8-10)29(22,23)24)13(19)17(31(3,27)28)16(7-6-14)30(2,25)26/h4-5,8H,6-7,9H2,1-3H3,(H2,22,23,24). The number of benzene rings is 1. The van der Waals surface area contributed by atoms with Crippen LogP contribution in [0.2, 0.25) is 0 Å². The molecule has 0 saturated heterocycles.